The second kappa shape index (κ2) is 5.78. The highest BCUT2D eigenvalue weighted by Gasteiger charge is 2.12. The Bertz CT molecular complexity index is 879. The number of amides is 1. The molecule has 0 aromatic carbocycles. The molecule has 0 fully saturated rings. The van der Waals surface area contributed by atoms with Crippen LogP contribution in [-0.4, -0.2) is 20.7 Å². The van der Waals surface area contributed by atoms with Crippen LogP contribution in [-0.2, 0) is 7.05 Å². The molecular formula is C14H11ClN4O2S. The van der Waals surface area contributed by atoms with E-state index >= 15 is 0 Å². The lowest BCUT2D eigenvalue weighted by Crippen LogP contribution is -2.16. The monoisotopic (exact) mass is 334 g/mol. The van der Waals surface area contributed by atoms with E-state index in [9.17, 15) is 9.59 Å². The summed E-state index contributed by atoms with van der Waals surface area (Å²) in [6.07, 6.45) is 1.56. The first-order valence-corrected chi connectivity index (χ1v) is 7.51. The molecule has 0 atom stereocenters. The van der Waals surface area contributed by atoms with Crippen LogP contribution in [0.2, 0.25) is 4.34 Å². The Balaban J connectivity index is 1.77. The molecule has 8 heteroatoms. The molecule has 2 N–H and O–H groups in total. The molecule has 3 rings (SSSR count). The molecule has 22 heavy (non-hydrogen) atoms. The highest BCUT2D eigenvalue weighted by Crippen LogP contribution is 2.29. The molecular weight excluding hydrogens is 324 g/mol. The van der Waals surface area contributed by atoms with Crippen LogP contribution in [0, 0.1) is 0 Å². The van der Waals surface area contributed by atoms with Crippen molar-refractivity contribution >= 4 is 34.5 Å². The number of hydrogen-bond donors (Lipinski definition) is 2. The number of pyridine rings is 1. The zero-order chi connectivity index (χ0) is 15.7. The van der Waals surface area contributed by atoms with Gasteiger partial charge in [0.05, 0.1) is 26.8 Å². The smallest absolute Gasteiger partial charge is 0.274 e. The fourth-order valence-electron chi connectivity index (χ4n) is 1.96. The van der Waals surface area contributed by atoms with Crippen LogP contribution in [0.15, 0.2) is 41.3 Å². The minimum atomic E-state index is -0.380. The summed E-state index contributed by atoms with van der Waals surface area (Å²) in [7, 11) is 1.60. The van der Waals surface area contributed by atoms with Gasteiger partial charge in [-0.05, 0) is 24.3 Å². The van der Waals surface area contributed by atoms with Crippen molar-refractivity contribution in [3.63, 3.8) is 0 Å². The SMILES string of the molecule is Cn1[nH]c(=O)cc1C(=O)Nc1ccc(-c2ccc(Cl)s2)nc1. The molecule has 112 valence electrons. The van der Waals surface area contributed by atoms with Gasteiger partial charge in [-0.3, -0.25) is 24.4 Å². The van der Waals surface area contributed by atoms with Gasteiger partial charge in [0.25, 0.3) is 11.5 Å². The average Bonchev–Trinajstić information content (AvgIpc) is 3.05. The van der Waals surface area contributed by atoms with Crippen molar-refractivity contribution in [3.05, 3.63) is 56.9 Å². The maximum Gasteiger partial charge on any atom is 0.274 e. The van der Waals surface area contributed by atoms with Gasteiger partial charge >= 0.3 is 0 Å². The van der Waals surface area contributed by atoms with Crippen molar-refractivity contribution in [2.45, 2.75) is 0 Å². The number of carbonyl (C=O) groups excluding carboxylic acids is 1. The molecule has 0 bridgehead atoms. The number of H-pyrrole nitrogens is 1. The maximum atomic E-state index is 12.1. The second-order valence-corrected chi connectivity index (χ2v) is 6.27. The number of nitrogens with zero attached hydrogens (tertiary/aromatic N) is 2. The van der Waals surface area contributed by atoms with Gasteiger partial charge < -0.3 is 5.32 Å². The Morgan fingerprint density at radius 3 is 2.73 bits per heavy atom. The third-order valence-corrected chi connectivity index (χ3v) is 4.24. The Morgan fingerprint density at radius 1 is 1.36 bits per heavy atom. The van der Waals surface area contributed by atoms with Gasteiger partial charge in [0.1, 0.15) is 5.69 Å². The summed E-state index contributed by atoms with van der Waals surface area (Å²) in [6.45, 7) is 0. The van der Waals surface area contributed by atoms with E-state index in [1.54, 1.807) is 25.4 Å². The molecule has 3 aromatic heterocycles. The molecule has 0 aliphatic heterocycles. The molecule has 3 heterocycles. The van der Waals surface area contributed by atoms with E-state index < -0.39 is 0 Å². The highest BCUT2D eigenvalue weighted by molar-refractivity contribution is 7.19. The van der Waals surface area contributed by atoms with Crippen LogP contribution in [0.1, 0.15) is 10.5 Å². The molecule has 0 aliphatic rings. The zero-order valence-electron chi connectivity index (χ0n) is 11.5. The molecule has 6 nitrogen and oxygen atoms in total. The number of nitrogens with one attached hydrogen (secondary N) is 2. The van der Waals surface area contributed by atoms with Gasteiger partial charge in [0.2, 0.25) is 0 Å². The summed E-state index contributed by atoms with van der Waals surface area (Å²) in [5.41, 5.74) is 1.25. The first-order chi connectivity index (χ1) is 10.5. The Kier molecular flexibility index (Phi) is 3.82. The number of anilines is 1. The van der Waals surface area contributed by atoms with Crippen molar-refractivity contribution in [2.75, 3.05) is 5.32 Å². The number of carbonyl (C=O) groups is 1. The summed E-state index contributed by atoms with van der Waals surface area (Å²) < 4.78 is 2.06. The summed E-state index contributed by atoms with van der Waals surface area (Å²) in [5, 5.41) is 5.17. The summed E-state index contributed by atoms with van der Waals surface area (Å²) in [5.74, 6) is -0.380. The van der Waals surface area contributed by atoms with Crippen LogP contribution >= 0.6 is 22.9 Å². The maximum absolute atomic E-state index is 12.1. The minimum Gasteiger partial charge on any atom is -0.319 e. The molecule has 1 amide bonds. The predicted molar refractivity (Wildman–Crippen MR) is 86.5 cm³/mol. The molecule has 0 saturated heterocycles. The number of aryl methyl sites for hydroxylation is 1. The van der Waals surface area contributed by atoms with E-state index in [0.717, 1.165) is 10.6 Å². The summed E-state index contributed by atoms with van der Waals surface area (Å²) in [6, 6.07) is 8.49. The fraction of sp³-hybridized carbons (Fsp3) is 0.0714. The van der Waals surface area contributed by atoms with Gasteiger partial charge in [0, 0.05) is 13.1 Å². The third-order valence-electron chi connectivity index (χ3n) is 2.99. The average molecular weight is 335 g/mol. The largest absolute Gasteiger partial charge is 0.319 e. The number of rotatable bonds is 3. The Morgan fingerprint density at radius 2 is 2.18 bits per heavy atom. The van der Waals surface area contributed by atoms with E-state index in [4.69, 9.17) is 11.6 Å². The number of halogens is 1. The molecule has 0 radical (unpaired) electrons. The quantitative estimate of drug-likeness (QED) is 0.773. The van der Waals surface area contributed by atoms with E-state index in [1.165, 1.54) is 22.1 Å². The van der Waals surface area contributed by atoms with Crippen LogP contribution in [0.3, 0.4) is 0 Å². The highest BCUT2D eigenvalue weighted by atomic mass is 35.5. The van der Waals surface area contributed by atoms with Crippen LogP contribution in [0.25, 0.3) is 10.6 Å². The number of thiophene rings is 1. The number of hydrogen-bond acceptors (Lipinski definition) is 4. The third kappa shape index (κ3) is 2.95. The topological polar surface area (TPSA) is 79.8 Å². The van der Waals surface area contributed by atoms with Gasteiger partial charge in [-0.15, -0.1) is 11.3 Å². The van der Waals surface area contributed by atoms with Gasteiger partial charge in [0.15, 0.2) is 0 Å². The Labute approximate surface area is 134 Å². The molecule has 0 unspecified atom stereocenters. The van der Waals surface area contributed by atoms with E-state index in [-0.39, 0.29) is 17.2 Å². The normalized spacial score (nSPS) is 10.6. The number of aromatic amines is 1. The van der Waals surface area contributed by atoms with Gasteiger partial charge in [-0.25, -0.2) is 0 Å². The molecule has 0 spiro atoms. The molecule has 0 aliphatic carbocycles. The first kappa shape index (κ1) is 14.6. The van der Waals surface area contributed by atoms with Crippen LogP contribution < -0.4 is 10.9 Å². The predicted octanol–water partition coefficient (Wildman–Crippen LogP) is 2.74. The molecule has 3 aromatic rings. The van der Waals surface area contributed by atoms with Crippen molar-refractivity contribution in [2.24, 2.45) is 7.05 Å². The summed E-state index contributed by atoms with van der Waals surface area (Å²) >= 11 is 7.33. The van der Waals surface area contributed by atoms with Gasteiger partial charge in [-0.1, -0.05) is 11.6 Å². The van der Waals surface area contributed by atoms with Crippen molar-refractivity contribution < 1.29 is 4.79 Å². The van der Waals surface area contributed by atoms with Crippen LogP contribution in [0.4, 0.5) is 5.69 Å². The minimum absolute atomic E-state index is 0.249. The molecule has 0 saturated carbocycles. The van der Waals surface area contributed by atoms with E-state index in [2.05, 4.69) is 15.4 Å². The Hall–Kier alpha value is -2.38. The van der Waals surface area contributed by atoms with E-state index in [1.807, 2.05) is 12.1 Å². The van der Waals surface area contributed by atoms with Crippen molar-refractivity contribution in [3.8, 4) is 10.6 Å². The van der Waals surface area contributed by atoms with Crippen molar-refractivity contribution in [1.82, 2.24) is 14.8 Å². The van der Waals surface area contributed by atoms with Crippen LogP contribution in [0.5, 0.6) is 0 Å². The summed E-state index contributed by atoms with van der Waals surface area (Å²) in [4.78, 5) is 28.5. The lowest BCUT2D eigenvalue weighted by molar-refractivity contribution is 0.101. The lowest BCUT2D eigenvalue weighted by Gasteiger charge is -2.05. The zero-order valence-corrected chi connectivity index (χ0v) is 13.0. The van der Waals surface area contributed by atoms with Gasteiger partial charge in [-0.2, -0.15) is 0 Å². The van der Waals surface area contributed by atoms with E-state index in [0.29, 0.717) is 10.0 Å². The number of aromatic nitrogens is 3. The lowest BCUT2D eigenvalue weighted by atomic mass is 10.3. The second-order valence-electron chi connectivity index (χ2n) is 4.55. The van der Waals surface area contributed by atoms with Crippen molar-refractivity contribution in [1.29, 1.82) is 0 Å². The first-order valence-electron chi connectivity index (χ1n) is 6.32. The standard InChI is InChI=1S/C14H11ClN4O2S/c1-19-10(6-13(20)18-19)14(21)17-8-2-3-9(16-7-8)11-4-5-12(15)22-11/h2-7H,1H3,(H,17,21)(H,18,20). The fourth-order valence-corrected chi connectivity index (χ4v) is 2.98.